The highest BCUT2D eigenvalue weighted by atomic mass is 32.1. The maximum absolute atomic E-state index is 12.8. The van der Waals surface area contributed by atoms with Crippen molar-refractivity contribution < 1.29 is 9.59 Å². The van der Waals surface area contributed by atoms with E-state index in [-0.39, 0.29) is 17.7 Å². The molecule has 2 amide bonds. The average Bonchev–Trinajstić information content (AvgIpc) is 3.36. The molecule has 1 N–H and O–H groups in total. The fraction of sp³-hybridized carbons (Fsp3) is 0.435. The minimum atomic E-state index is -0.0632. The molecule has 2 aliphatic heterocycles. The zero-order chi connectivity index (χ0) is 20.5. The molecule has 1 aromatic carbocycles. The van der Waals surface area contributed by atoms with Crippen LogP contribution in [0.15, 0.2) is 35.7 Å². The summed E-state index contributed by atoms with van der Waals surface area (Å²) in [5.74, 6) is 1.22. The van der Waals surface area contributed by atoms with Crippen LogP contribution in [0.2, 0.25) is 0 Å². The summed E-state index contributed by atoms with van der Waals surface area (Å²) in [6.45, 7) is 2.28. The number of likely N-dealkylation sites (tertiary alicyclic amines) is 1. The van der Waals surface area contributed by atoms with Crippen molar-refractivity contribution in [1.29, 1.82) is 0 Å². The van der Waals surface area contributed by atoms with Crippen LogP contribution >= 0.6 is 11.3 Å². The molecule has 0 radical (unpaired) electrons. The molecule has 2 aromatic heterocycles. The number of hydrogen-bond donors (Lipinski definition) is 1. The lowest BCUT2D eigenvalue weighted by molar-refractivity contribution is -0.121. The lowest BCUT2D eigenvalue weighted by Gasteiger charge is -2.31. The molecule has 0 atom stereocenters. The molecule has 3 aromatic rings. The van der Waals surface area contributed by atoms with Crippen LogP contribution in [-0.4, -0.2) is 39.4 Å². The zero-order valence-electron chi connectivity index (χ0n) is 17.0. The van der Waals surface area contributed by atoms with Crippen LogP contribution in [0.5, 0.6) is 0 Å². The minimum absolute atomic E-state index is 0.0401. The first-order chi connectivity index (χ1) is 14.7. The van der Waals surface area contributed by atoms with Crippen LogP contribution in [0, 0.1) is 5.92 Å². The van der Waals surface area contributed by atoms with Crippen molar-refractivity contribution in [2.24, 2.45) is 5.92 Å². The van der Waals surface area contributed by atoms with Crippen molar-refractivity contribution in [2.45, 2.75) is 45.1 Å². The van der Waals surface area contributed by atoms with E-state index in [4.69, 9.17) is 4.98 Å². The predicted molar refractivity (Wildman–Crippen MR) is 119 cm³/mol. The fourth-order valence-corrected chi connectivity index (χ4v) is 5.26. The number of carbonyl (C=O) groups excluding carboxylic acids is 2. The molecule has 30 heavy (non-hydrogen) atoms. The first-order valence-corrected chi connectivity index (χ1v) is 11.7. The van der Waals surface area contributed by atoms with Crippen LogP contribution in [0.4, 0.5) is 5.69 Å². The van der Waals surface area contributed by atoms with Gasteiger partial charge in [0.2, 0.25) is 5.91 Å². The maximum atomic E-state index is 12.8. The standard InChI is InChI=1S/C23H26N4O2S/c28-22(16-9-12-26(13-10-16)23(29)20-5-4-14-30-20)24-17-7-8-19-18(15-17)25-21-6-2-1-3-11-27(19)21/h4-5,7-8,14-16H,1-3,6,9-13H2,(H,24,28). The smallest absolute Gasteiger partial charge is 0.263 e. The van der Waals surface area contributed by atoms with Crippen molar-refractivity contribution in [2.75, 3.05) is 18.4 Å². The third kappa shape index (κ3) is 3.74. The molecule has 0 spiro atoms. The molecule has 1 fully saturated rings. The Labute approximate surface area is 179 Å². The van der Waals surface area contributed by atoms with E-state index < -0.39 is 0 Å². The monoisotopic (exact) mass is 422 g/mol. The Bertz CT molecular complexity index is 1060. The Hall–Kier alpha value is -2.67. The number of nitrogens with one attached hydrogen (secondary N) is 1. The Morgan fingerprint density at radius 2 is 1.93 bits per heavy atom. The Kier molecular flexibility index (Phi) is 5.29. The number of fused-ring (bicyclic) bond motifs is 3. The van der Waals surface area contributed by atoms with Crippen molar-refractivity contribution >= 4 is 39.9 Å². The van der Waals surface area contributed by atoms with E-state index in [2.05, 4.69) is 16.0 Å². The highest BCUT2D eigenvalue weighted by molar-refractivity contribution is 7.12. The van der Waals surface area contributed by atoms with Crippen LogP contribution < -0.4 is 5.32 Å². The van der Waals surface area contributed by atoms with Gasteiger partial charge in [-0.25, -0.2) is 4.98 Å². The summed E-state index contributed by atoms with van der Waals surface area (Å²) < 4.78 is 2.33. The van der Waals surface area contributed by atoms with Crippen molar-refractivity contribution in [3.8, 4) is 0 Å². The van der Waals surface area contributed by atoms with Gasteiger partial charge in [0.25, 0.3) is 5.91 Å². The van der Waals surface area contributed by atoms with E-state index in [0.717, 1.165) is 40.4 Å². The summed E-state index contributed by atoms with van der Waals surface area (Å²) in [7, 11) is 0. The second kappa shape index (κ2) is 8.22. The summed E-state index contributed by atoms with van der Waals surface area (Å²) in [5, 5.41) is 5.00. The van der Waals surface area contributed by atoms with Gasteiger partial charge >= 0.3 is 0 Å². The van der Waals surface area contributed by atoms with E-state index in [9.17, 15) is 9.59 Å². The van der Waals surface area contributed by atoms with Gasteiger partial charge < -0.3 is 14.8 Å². The van der Waals surface area contributed by atoms with Gasteiger partial charge in [0.05, 0.1) is 15.9 Å². The predicted octanol–water partition coefficient (Wildman–Crippen LogP) is 4.32. The number of carbonyl (C=O) groups is 2. The van der Waals surface area contributed by atoms with Crippen LogP contribution in [0.1, 0.15) is 47.6 Å². The molecule has 7 heteroatoms. The molecule has 0 bridgehead atoms. The van der Waals surface area contributed by atoms with E-state index in [1.165, 1.54) is 30.6 Å². The first-order valence-electron chi connectivity index (χ1n) is 10.8. The van der Waals surface area contributed by atoms with E-state index in [1.807, 2.05) is 34.5 Å². The third-order valence-electron chi connectivity index (χ3n) is 6.26. The van der Waals surface area contributed by atoms with Crippen molar-refractivity contribution in [3.05, 3.63) is 46.4 Å². The van der Waals surface area contributed by atoms with Gasteiger partial charge in [0.1, 0.15) is 5.82 Å². The molecule has 156 valence electrons. The summed E-state index contributed by atoms with van der Waals surface area (Å²) >= 11 is 1.47. The number of aromatic nitrogens is 2. The molecular weight excluding hydrogens is 396 g/mol. The number of rotatable bonds is 3. The van der Waals surface area contributed by atoms with E-state index in [1.54, 1.807) is 0 Å². The van der Waals surface area contributed by atoms with Gasteiger partial charge in [-0.2, -0.15) is 0 Å². The molecule has 6 nitrogen and oxygen atoms in total. The van der Waals surface area contributed by atoms with Crippen LogP contribution in [-0.2, 0) is 17.8 Å². The molecule has 5 rings (SSSR count). The largest absolute Gasteiger partial charge is 0.338 e. The summed E-state index contributed by atoms with van der Waals surface area (Å²) in [4.78, 5) is 32.7. The van der Waals surface area contributed by atoms with Crippen LogP contribution in [0.3, 0.4) is 0 Å². The number of aryl methyl sites for hydroxylation is 2. The second-order valence-electron chi connectivity index (χ2n) is 8.23. The molecular formula is C23H26N4O2S. The molecule has 0 aliphatic carbocycles. The molecule has 1 saturated heterocycles. The molecule has 0 unspecified atom stereocenters. The number of anilines is 1. The summed E-state index contributed by atoms with van der Waals surface area (Å²) in [6.07, 6.45) is 6.08. The SMILES string of the molecule is O=C(Nc1ccc2c(c1)nc1n2CCCCC1)C1CCN(C(=O)c2cccs2)CC1. The minimum Gasteiger partial charge on any atom is -0.338 e. The number of benzene rings is 1. The summed E-state index contributed by atoms with van der Waals surface area (Å²) in [6, 6.07) is 9.80. The highest BCUT2D eigenvalue weighted by Gasteiger charge is 2.28. The number of nitrogens with zero attached hydrogens (tertiary/aromatic N) is 3. The zero-order valence-corrected chi connectivity index (χ0v) is 17.8. The Morgan fingerprint density at radius 3 is 2.73 bits per heavy atom. The quantitative estimate of drug-likeness (QED) is 0.684. The van der Waals surface area contributed by atoms with Crippen molar-refractivity contribution in [1.82, 2.24) is 14.5 Å². The van der Waals surface area contributed by atoms with E-state index in [0.29, 0.717) is 25.9 Å². The Morgan fingerprint density at radius 1 is 1.07 bits per heavy atom. The number of amides is 2. The topological polar surface area (TPSA) is 67.2 Å². The highest BCUT2D eigenvalue weighted by Crippen LogP contribution is 2.26. The van der Waals surface area contributed by atoms with Gasteiger partial charge in [-0.15, -0.1) is 11.3 Å². The molecule has 4 heterocycles. The maximum Gasteiger partial charge on any atom is 0.263 e. The number of imidazole rings is 1. The van der Waals surface area contributed by atoms with Crippen LogP contribution in [0.25, 0.3) is 11.0 Å². The van der Waals surface area contributed by atoms with Gasteiger partial charge in [-0.05, 0) is 55.3 Å². The van der Waals surface area contributed by atoms with Gasteiger partial charge in [-0.1, -0.05) is 12.5 Å². The fourth-order valence-electron chi connectivity index (χ4n) is 4.57. The molecule has 2 aliphatic rings. The lowest BCUT2D eigenvalue weighted by Crippen LogP contribution is -2.41. The average molecular weight is 423 g/mol. The van der Waals surface area contributed by atoms with Gasteiger partial charge in [-0.3, -0.25) is 9.59 Å². The summed E-state index contributed by atoms with van der Waals surface area (Å²) in [5.41, 5.74) is 2.92. The number of piperidine rings is 1. The second-order valence-corrected chi connectivity index (χ2v) is 9.17. The third-order valence-corrected chi connectivity index (χ3v) is 7.12. The first kappa shape index (κ1) is 19.3. The number of thiophene rings is 1. The van der Waals surface area contributed by atoms with Gasteiger partial charge in [0, 0.05) is 37.7 Å². The Balaban J connectivity index is 1.22. The number of hydrogen-bond acceptors (Lipinski definition) is 4. The normalized spacial score (nSPS) is 17.5. The van der Waals surface area contributed by atoms with E-state index >= 15 is 0 Å². The van der Waals surface area contributed by atoms with Gasteiger partial charge in [0.15, 0.2) is 0 Å². The molecule has 0 saturated carbocycles. The lowest BCUT2D eigenvalue weighted by atomic mass is 9.95. The van der Waals surface area contributed by atoms with Crippen molar-refractivity contribution in [3.63, 3.8) is 0 Å².